The van der Waals surface area contributed by atoms with Gasteiger partial charge in [-0.15, -0.1) is 11.3 Å². The number of phenols is 1. The third-order valence-corrected chi connectivity index (χ3v) is 4.56. The molecule has 0 aliphatic rings. The molecule has 0 aliphatic carbocycles. The Labute approximate surface area is 136 Å². The van der Waals surface area contributed by atoms with E-state index in [9.17, 15) is 9.90 Å². The van der Waals surface area contributed by atoms with Crippen LogP contribution in [-0.4, -0.2) is 28.1 Å². The second kappa shape index (κ2) is 6.21. The molecular formula is C16H15N3O3S. The zero-order valence-corrected chi connectivity index (χ0v) is 13.5. The minimum Gasteiger partial charge on any atom is -0.504 e. The van der Waals surface area contributed by atoms with E-state index in [1.807, 2.05) is 13.0 Å². The van der Waals surface area contributed by atoms with Gasteiger partial charge in [0.05, 0.1) is 18.7 Å². The summed E-state index contributed by atoms with van der Waals surface area (Å²) >= 11 is 1.52. The van der Waals surface area contributed by atoms with Gasteiger partial charge in [-0.25, -0.2) is 4.98 Å². The molecule has 0 bridgehead atoms. The molecule has 1 N–H and O–H groups in total. The second-order valence-electron chi connectivity index (χ2n) is 4.86. The van der Waals surface area contributed by atoms with Crippen molar-refractivity contribution in [3.8, 4) is 11.5 Å². The Hall–Kier alpha value is -2.67. The summed E-state index contributed by atoms with van der Waals surface area (Å²) in [5, 5.41) is 14.4. The van der Waals surface area contributed by atoms with Crippen LogP contribution in [0.15, 0.2) is 40.5 Å². The molecule has 2 aromatic heterocycles. The summed E-state index contributed by atoms with van der Waals surface area (Å²) in [6, 6.07) is 6.74. The van der Waals surface area contributed by atoms with Gasteiger partial charge < -0.3 is 9.84 Å². The molecule has 0 aliphatic heterocycles. The van der Waals surface area contributed by atoms with E-state index in [0.29, 0.717) is 16.7 Å². The van der Waals surface area contributed by atoms with Crippen LogP contribution in [0.5, 0.6) is 11.5 Å². The minimum atomic E-state index is -0.208. The van der Waals surface area contributed by atoms with Crippen molar-refractivity contribution < 1.29 is 9.84 Å². The first-order valence-electron chi connectivity index (χ1n) is 7.03. The highest BCUT2D eigenvalue weighted by Crippen LogP contribution is 2.25. The molecule has 0 amide bonds. The van der Waals surface area contributed by atoms with Crippen molar-refractivity contribution in [2.45, 2.75) is 13.3 Å². The van der Waals surface area contributed by atoms with E-state index in [-0.39, 0.29) is 11.3 Å². The lowest BCUT2D eigenvalue weighted by molar-refractivity contribution is 0.373. The van der Waals surface area contributed by atoms with Crippen LogP contribution in [0.4, 0.5) is 0 Å². The van der Waals surface area contributed by atoms with Gasteiger partial charge in [0.15, 0.2) is 11.5 Å². The van der Waals surface area contributed by atoms with E-state index in [1.54, 1.807) is 12.1 Å². The quantitative estimate of drug-likeness (QED) is 0.747. The molecule has 118 valence electrons. The number of aryl methyl sites for hydroxylation is 1. The van der Waals surface area contributed by atoms with Gasteiger partial charge in [-0.3, -0.25) is 4.79 Å². The molecule has 2 heterocycles. The highest BCUT2D eigenvalue weighted by molar-refractivity contribution is 7.18. The summed E-state index contributed by atoms with van der Waals surface area (Å²) in [5.74, 6) is 0.399. The van der Waals surface area contributed by atoms with Crippen molar-refractivity contribution in [1.82, 2.24) is 9.66 Å². The van der Waals surface area contributed by atoms with Gasteiger partial charge >= 0.3 is 0 Å². The number of rotatable bonds is 4. The number of thiophene rings is 1. The Morgan fingerprint density at radius 2 is 2.26 bits per heavy atom. The van der Waals surface area contributed by atoms with Crippen LogP contribution in [0, 0.1) is 0 Å². The van der Waals surface area contributed by atoms with E-state index in [0.717, 1.165) is 16.1 Å². The lowest BCUT2D eigenvalue weighted by atomic mass is 10.2. The van der Waals surface area contributed by atoms with Gasteiger partial charge in [0.25, 0.3) is 5.56 Å². The average Bonchev–Trinajstić information content (AvgIpc) is 2.98. The molecule has 0 saturated heterocycles. The first kappa shape index (κ1) is 15.2. The van der Waals surface area contributed by atoms with Crippen LogP contribution >= 0.6 is 11.3 Å². The third-order valence-electron chi connectivity index (χ3n) is 3.37. The molecule has 0 saturated carbocycles. The van der Waals surface area contributed by atoms with Crippen molar-refractivity contribution in [2.75, 3.05) is 7.11 Å². The number of aromatic nitrogens is 2. The maximum absolute atomic E-state index is 12.4. The fourth-order valence-corrected chi connectivity index (χ4v) is 3.06. The van der Waals surface area contributed by atoms with Crippen LogP contribution in [0.25, 0.3) is 10.2 Å². The molecule has 3 rings (SSSR count). The lowest BCUT2D eigenvalue weighted by Crippen LogP contribution is -2.16. The van der Waals surface area contributed by atoms with Gasteiger partial charge in [-0.05, 0) is 36.2 Å². The van der Waals surface area contributed by atoms with Gasteiger partial charge in [-0.1, -0.05) is 6.92 Å². The normalized spacial score (nSPS) is 11.4. The van der Waals surface area contributed by atoms with Crippen molar-refractivity contribution in [2.24, 2.45) is 5.10 Å². The summed E-state index contributed by atoms with van der Waals surface area (Å²) in [6.45, 7) is 2.04. The molecule has 0 atom stereocenters. The summed E-state index contributed by atoms with van der Waals surface area (Å²) in [5.41, 5.74) is 0.440. The van der Waals surface area contributed by atoms with Crippen LogP contribution in [-0.2, 0) is 6.42 Å². The number of fused-ring (bicyclic) bond motifs is 1. The first-order chi connectivity index (χ1) is 11.1. The van der Waals surface area contributed by atoms with Gasteiger partial charge in [-0.2, -0.15) is 9.78 Å². The van der Waals surface area contributed by atoms with Crippen LogP contribution in [0.1, 0.15) is 17.4 Å². The van der Waals surface area contributed by atoms with E-state index < -0.39 is 0 Å². The number of aromatic hydroxyl groups is 1. The number of phenolic OH excluding ortho intramolecular Hbond substituents is 1. The standard InChI is InChI=1S/C16H15N3O3S/c1-3-11-7-12-15(23-11)17-9-19(16(12)21)18-8-10-4-5-14(22-2)13(20)6-10/h4-9,20H,3H2,1-2H3/b18-8-. The molecule has 1 aromatic carbocycles. The van der Waals surface area contributed by atoms with E-state index in [1.165, 1.54) is 41.7 Å². The molecule has 3 aromatic rings. The van der Waals surface area contributed by atoms with Crippen molar-refractivity contribution in [3.63, 3.8) is 0 Å². The number of nitrogens with zero attached hydrogens (tertiary/aromatic N) is 3. The third kappa shape index (κ3) is 2.95. The lowest BCUT2D eigenvalue weighted by Gasteiger charge is -2.03. The summed E-state index contributed by atoms with van der Waals surface area (Å²) in [6.07, 6.45) is 3.76. The van der Waals surface area contributed by atoms with E-state index in [2.05, 4.69) is 10.1 Å². The fourth-order valence-electron chi connectivity index (χ4n) is 2.14. The zero-order chi connectivity index (χ0) is 16.4. The number of hydrogen-bond donors (Lipinski definition) is 1. The fraction of sp³-hybridized carbons (Fsp3) is 0.188. The first-order valence-corrected chi connectivity index (χ1v) is 7.85. The molecule has 0 radical (unpaired) electrons. The van der Waals surface area contributed by atoms with E-state index >= 15 is 0 Å². The summed E-state index contributed by atoms with van der Waals surface area (Å²) in [7, 11) is 1.48. The Kier molecular flexibility index (Phi) is 4.12. The second-order valence-corrected chi connectivity index (χ2v) is 5.97. The number of benzene rings is 1. The van der Waals surface area contributed by atoms with Gasteiger partial charge in [0.1, 0.15) is 11.2 Å². The number of methoxy groups -OCH3 is 1. The topological polar surface area (TPSA) is 76.7 Å². The van der Waals surface area contributed by atoms with Crippen molar-refractivity contribution in [1.29, 1.82) is 0 Å². The monoisotopic (exact) mass is 329 g/mol. The predicted molar refractivity (Wildman–Crippen MR) is 90.9 cm³/mol. The molecule has 0 unspecified atom stereocenters. The number of ether oxygens (including phenoxy) is 1. The molecule has 6 nitrogen and oxygen atoms in total. The van der Waals surface area contributed by atoms with Crippen LogP contribution in [0.2, 0.25) is 0 Å². The molecule has 0 spiro atoms. The van der Waals surface area contributed by atoms with Gasteiger partial charge in [0, 0.05) is 4.88 Å². The Bertz CT molecular complexity index is 943. The Balaban J connectivity index is 1.96. The average molecular weight is 329 g/mol. The summed E-state index contributed by atoms with van der Waals surface area (Å²) < 4.78 is 6.17. The van der Waals surface area contributed by atoms with Crippen molar-refractivity contribution >= 4 is 27.8 Å². The zero-order valence-electron chi connectivity index (χ0n) is 12.7. The molecule has 23 heavy (non-hydrogen) atoms. The predicted octanol–water partition coefficient (Wildman–Crippen LogP) is 2.62. The van der Waals surface area contributed by atoms with Crippen LogP contribution in [0.3, 0.4) is 0 Å². The maximum Gasteiger partial charge on any atom is 0.282 e. The maximum atomic E-state index is 12.4. The number of hydrogen-bond acceptors (Lipinski definition) is 6. The highest BCUT2D eigenvalue weighted by atomic mass is 32.1. The van der Waals surface area contributed by atoms with E-state index in [4.69, 9.17) is 4.74 Å². The van der Waals surface area contributed by atoms with Crippen molar-refractivity contribution in [3.05, 3.63) is 51.4 Å². The Morgan fingerprint density at radius 1 is 1.43 bits per heavy atom. The molecular weight excluding hydrogens is 314 g/mol. The molecule has 7 heteroatoms. The minimum absolute atomic E-state index is 0.0165. The Morgan fingerprint density at radius 3 is 2.96 bits per heavy atom. The highest BCUT2D eigenvalue weighted by Gasteiger charge is 2.07. The van der Waals surface area contributed by atoms with Gasteiger partial charge in [0.2, 0.25) is 0 Å². The SMILES string of the molecule is CCc1cc2c(=O)n(/N=C\c3ccc(OC)c(O)c3)cnc2s1. The molecule has 0 fully saturated rings. The smallest absolute Gasteiger partial charge is 0.282 e. The van der Waals surface area contributed by atoms with Crippen LogP contribution < -0.4 is 10.3 Å². The largest absolute Gasteiger partial charge is 0.504 e. The summed E-state index contributed by atoms with van der Waals surface area (Å²) in [4.78, 5) is 18.5.